The van der Waals surface area contributed by atoms with Gasteiger partial charge in [0.2, 0.25) is 0 Å². The Bertz CT molecular complexity index is 307. The minimum Gasteiger partial charge on any atom is -0.382 e. The second kappa shape index (κ2) is 6.38. The van der Waals surface area contributed by atoms with E-state index in [0.29, 0.717) is 12.8 Å². The summed E-state index contributed by atoms with van der Waals surface area (Å²) in [6.45, 7) is -0.163. The molecule has 8 heteroatoms. The summed E-state index contributed by atoms with van der Waals surface area (Å²) in [5, 5.41) is 8.22. The summed E-state index contributed by atoms with van der Waals surface area (Å²) in [4.78, 5) is 9.18. The summed E-state index contributed by atoms with van der Waals surface area (Å²) < 4.78 is 25.7. The van der Waals surface area contributed by atoms with E-state index >= 15 is 0 Å². The number of nitrogens with zero attached hydrogens (tertiary/aromatic N) is 1. The second-order valence-electron chi connectivity index (χ2n) is 3.38. The fourth-order valence-electron chi connectivity index (χ4n) is 1.28. The molecule has 2 radical (unpaired) electrons. The Labute approximate surface area is 95.5 Å². The van der Waals surface area contributed by atoms with Gasteiger partial charge in [0.05, 0.1) is 31.8 Å². The zero-order valence-corrected chi connectivity index (χ0v) is 9.64. The van der Waals surface area contributed by atoms with Gasteiger partial charge in [-0.1, -0.05) is 0 Å². The van der Waals surface area contributed by atoms with Gasteiger partial charge in [0.15, 0.2) is 0 Å². The largest absolute Gasteiger partial charge is 0.472 e. The van der Waals surface area contributed by atoms with Crippen LogP contribution in [0.5, 0.6) is 0 Å². The number of phosphoric ester groups is 1. The van der Waals surface area contributed by atoms with Crippen molar-refractivity contribution >= 4 is 15.7 Å². The van der Waals surface area contributed by atoms with Gasteiger partial charge in [0.25, 0.3) is 0 Å². The van der Waals surface area contributed by atoms with E-state index in [1.54, 1.807) is 6.07 Å². The molecule has 1 aliphatic rings. The van der Waals surface area contributed by atoms with Crippen molar-refractivity contribution in [2.45, 2.75) is 31.4 Å². The van der Waals surface area contributed by atoms with Gasteiger partial charge in [-0.05, 0) is 12.8 Å². The zero-order chi connectivity index (χ0) is 12.0. The first-order valence-corrected chi connectivity index (χ1v) is 6.43. The average Bonchev–Trinajstić information content (AvgIpc) is 2.62. The monoisotopic (exact) mass is 245 g/mol. The van der Waals surface area contributed by atoms with Crippen LogP contribution < -0.4 is 0 Å². The summed E-state index contributed by atoms with van der Waals surface area (Å²) in [6.07, 6.45) is 1.17. The van der Waals surface area contributed by atoms with Crippen molar-refractivity contribution in [3.8, 4) is 6.07 Å². The Morgan fingerprint density at radius 2 is 2.31 bits per heavy atom. The van der Waals surface area contributed by atoms with Crippen LogP contribution in [0.15, 0.2) is 0 Å². The average molecular weight is 245 g/mol. The molecule has 0 aliphatic carbocycles. The maximum atomic E-state index is 11.2. The van der Waals surface area contributed by atoms with Crippen LogP contribution in [0.2, 0.25) is 0 Å². The van der Waals surface area contributed by atoms with E-state index in [-0.39, 0.29) is 31.7 Å². The Morgan fingerprint density at radius 1 is 1.56 bits per heavy atom. The van der Waals surface area contributed by atoms with Crippen LogP contribution in [0.4, 0.5) is 0 Å². The lowest BCUT2D eigenvalue weighted by Crippen LogP contribution is -2.16. The fourth-order valence-corrected chi connectivity index (χ4v) is 2.03. The smallest absolute Gasteiger partial charge is 0.382 e. The Balaban J connectivity index is 2.20. The van der Waals surface area contributed by atoms with Crippen molar-refractivity contribution in [1.82, 2.24) is 0 Å². The summed E-state index contributed by atoms with van der Waals surface area (Å²) in [7, 11) is 1.42. The highest BCUT2D eigenvalue weighted by Gasteiger charge is 2.27. The van der Waals surface area contributed by atoms with E-state index < -0.39 is 7.82 Å². The first-order chi connectivity index (χ1) is 7.53. The Morgan fingerprint density at radius 3 is 2.88 bits per heavy atom. The molecule has 6 nitrogen and oxygen atoms in total. The van der Waals surface area contributed by atoms with Crippen molar-refractivity contribution in [3.63, 3.8) is 0 Å². The third kappa shape index (κ3) is 5.11. The SMILES string of the molecule is [B][C@H]1CC[C@@H](COP(=O)(O)OCCC#N)O1. The number of nitriles is 1. The number of phosphoric acid groups is 1. The molecular formula is C8H13BNO5P. The lowest BCUT2D eigenvalue weighted by molar-refractivity contribution is 0.0354. The molecule has 1 aliphatic heterocycles. The van der Waals surface area contributed by atoms with E-state index in [1.165, 1.54) is 0 Å². The highest BCUT2D eigenvalue weighted by atomic mass is 31.2. The van der Waals surface area contributed by atoms with Crippen LogP contribution in [0.3, 0.4) is 0 Å². The highest BCUT2D eigenvalue weighted by molar-refractivity contribution is 7.47. The molecule has 0 aromatic heterocycles. The van der Waals surface area contributed by atoms with Crippen LogP contribution >= 0.6 is 7.82 Å². The van der Waals surface area contributed by atoms with Crippen LogP contribution in [0.1, 0.15) is 19.3 Å². The van der Waals surface area contributed by atoms with E-state index in [4.69, 9.17) is 22.4 Å². The summed E-state index contributed by atoms with van der Waals surface area (Å²) >= 11 is 0. The molecule has 3 atom stereocenters. The lowest BCUT2D eigenvalue weighted by Gasteiger charge is -2.15. The van der Waals surface area contributed by atoms with Gasteiger partial charge in [0, 0.05) is 6.00 Å². The summed E-state index contributed by atoms with van der Waals surface area (Å²) in [5.41, 5.74) is 0. The van der Waals surface area contributed by atoms with Crippen LogP contribution in [0, 0.1) is 11.3 Å². The standard InChI is InChI=1S/C8H13BNO5P/c9-8-3-2-7(15-8)6-14-16(11,12)13-5-1-4-10/h7-8H,1-3,5-6H2,(H,11,12)/t7-,8+/m0/s1. The van der Waals surface area contributed by atoms with Gasteiger partial charge >= 0.3 is 7.82 Å². The van der Waals surface area contributed by atoms with Gasteiger partial charge in [-0.3, -0.25) is 9.05 Å². The first kappa shape index (κ1) is 13.7. The minimum absolute atomic E-state index is 0.0337. The zero-order valence-electron chi connectivity index (χ0n) is 8.74. The first-order valence-electron chi connectivity index (χ1n) is 4.93. The summed E-state index contributed by atoms with van der Waals surface area (Å²) in [5.74, 6) is 0. The molecule has 1 unspecified atom stereocenters. The molecule has 0 aromatic rings. The molecule has 0 saturated carbocycles. The van der Waals surface area contributed by atoms with Crippen molar-refractivity contribution in [2.24, 2.45) is 0 Å². The van der Waals surface area contributed by atoms with Gasteiger partial charge in [-0.25, -0.2) is 4.57 Å². The van der Waals surface area contributed by atoms with Crippen molar-refractivity contribution < 1.29 is 23.2 Å². The number of hydrogen-bond acceptors (Lipinski definition) is 5. The lowest BCUT2D eigenvalue weighted by atomic mass is 9.97. The molecule has 1 heterocycles. The van der Waals surface area contributed by atoms with Crippen LogP contribution in [0.25, 0.3) is 0 Å². The third-order valence-corrected chi connectivity index (χ3v) is 3.02. The van der Waals surface area contributed by atoms with E-state index in [9.17, 15) is 9.46 Å². The Kier molecular flexibility index (Phi) is 5.46. The molecule has 16 heavy (non-hydrogen) atoms. The maximum absolute atomic E-state index is 11.2. The minimum atomic E-state index is -4.07. The molecule has 1 rings (SSSR count). The second-order valence-corrected chi connectivity index (χ2v) is 4.83. The van der Waals surface area contributed by atoms with Crippen molar-refractivity contribution in [1.29, 1.82) is 5.26 Å². The molecule has 1 N–H and O–H groups in total. The molecule has 0 spiro atoms. The van der Waals surface area contributed by atoms with Crippen molar-refractivity contribution in [2.75, 3.05) is 13.2 Å². The van der Waals surface area contributed by atoms with E-state index in [0.717, 1.165) is 0 Å². The predicted molar refractivity (Wildman–Crippen MR) is 55.6 cm³/mol. The van der Waals surface area contributed by atoms with Gasteiger partial charge in [-0.15, -0.1) is 0 Å². The van der Waals surface area contributed by atoms with Gasteiger partial charge in [-0.2, -0.15) is 5.26 Å². The van der Waals surface area contributed by atoms with Gasteiger partial charge < -0.3 is 9.63 Å². The predicted octanol–water partition coefficient (Wildman–Crippen LogP) is 0.707. The number of ether oxygens (including phenoxy) is 1. The number of hydrogen-bond donors (Lipinski definition) is 1. The molecule has 88 valence electrons. The normalized spacial score (nSPS) is 28.5. The molecule has 0 aromatic carbocycles. The topological polar surface area (TPSA) is 88.8 Å². The van der Waals surface area contributed by atoms with Crippen molar-refractivity contribution in [3.05, 3.63) is 0 Å². The fraction of sp³-hybridized carbons (Fsp3) is 0.875. The molecule has 1 fully saturated rings. The van der Waals surface area contributed by atoms with Crippen LogP contribution in [-0.4, -0.2) is 38.1 Å². The molecule has 1 saturated heterocycles. The van der Waals surface area contributed by atoms with Gasteiger partial charge in [0.1, 0.15) is 7.85 Å². The third-order valence-electron chi connectivity index (χ3n) is 2.03. The Hall–Kier alpha value is -0.375. The number of rotatable bonds is 6. The summed E-state index contributed by atoms with van der Waals surface area (Å²) in [6, 6.07) is 1.46. The van der Waals surface area contributed by atoms with Crippen LogP contribution in [-0.2, 0) is 18.3 Å². The maximum Gasteiger partial charge on any atom is 0.472 e. The molecule has 0 amide bonds. The molecular weight excluding hydrogens is 232 g/mol. The quantitative estimate of drug-likeness (QED) is 0.421. The molecule has 0 bridgehead atoms. The highest BCUT2D eigenvalue weighted by Crippen LogP contribution is 2.43. The van der Waals surface area contributed by atoms with E-state index in [2.05, 4.69) is 4.52 Å². The van der Waals surface area contributed by atoms with E-state index in [1.807, 2.05) is 0 Å².